The number of carboxylic acids is 2. The van der Waals surface area contributed by atoms with E-state index in [2.05, 4.69) is 0 Å². The molecular formula is C13H15NO7. The van der Waals surface area contributed by atoms with Crippen molar-refractivity contribution in [3.05, 3.63) is 17.7 Å². The van der Waals surface area contributed by atoms with Crippen LogP contribution in [0.25, 0.3) is 0 Å². The van der Waals surface area contributed by atoms with E-state index in [4.69, 9.17) is 24.4 Å². The van der Waals surface area contributed by atoms with Crippen LogP contribution in [0.1, 0.15) is 5.56 Å². The highest BCUT2D eigenvalue weighted by molar-refractivity contribution is 5.72. The molecule has 0 fully saturated rings. The average Bonchev–Trinajstić information content (AvgIpc) is 2.84. The highest BCUT2D eigenvalue weighted by Crippen LogP contribution is 2.41. The summed E-state index contributed by atoms with van der Waals surface area (Å²) in [6.45, 7) is -0.513. The molecule has 1 aliphatic heterocycles. The molecule has 0 saturated heterocycles. The summed E-state index contributed by atoms with van der Waals surface area (Å²) in [4.78, 5) is 22.9. The smallest absolute Gasteiger partial charge is 0.317 e. The van der Waals surface area contributed by atoms with Crippen molar-refractivity contribution in [2.24, 2.45) is 0 Å². The SMILES string of the molecule is COc1cc(CN(CC(=O)O)CC(=O)O)cc2c1OCO2. The number of hydrogen-bond donors (Lipinski definition) is 2. The topological polar surface area (TPSA) is 106 Å². The van der Waals surface area contributed by atoms with Crippen LogP contribution in [-0.4, -0.2) is 54.0 Å². The van der Waals surface area contributed by atoms with E-state index in [1.165, 1.54) is 12.0 Å². The first-order valence-corrected chi connectivity index (χ1v) is 6.12. The van der Waals surface area contributed by atoms with Gasteiger partial charge in [0.05, 0.1) is 20.2 Å². The maximum Gasteiger partial charge on any atom is 0.317 e. The number of ether oxygens (including phenoxy) is 3. The number of rotatable bonds is 7. The van der Waals surface area contributed by atoms with Crippen LogP contribution in [0.2, 0.25) is 0 Å². The summed E-state index contributed by atoms with van der Waals surface area (Å²) in [6, 6.07) is 3.35. The zero-order valence-corrected chi connectivity index (χ0v) is 11.4. The van der Waals surface area contributed by atoms with Crippen molar-refractivity contribution >= 4 is 11.9 Å². The van der Waals surface area contributed by atoms with Gasteiger partial charge in [0.1, 0.15) is 0 Å². The van der Waals surface area contributed by atoms with Gasteiger partial charge in [0, 0.05) is 6.54 Å². The predicted molar refractivity (Wildman–Crippen MR) is 69.7 cm³/mol. The van der Waals surface area contributed by atoms with Gasteiger partial charge in [0.25, 0.3) is 0 Å². The molecule has 0 unspecified atom stereocenters. The standard InChI is InChI=1S/C13H15NO7/c1-19-9-2-8(3-10-13(9)21-7-20-10)4-14(5-11(15)16)6-12(17)18/h2-3H,4-7H2,1H3,(H,15,16)(H,17,18). The monoisotopic (exact) mass is 297 g/mol. The molecule has 0 aliphatic carbocycles. The second-order valence-corrected chi connectivity index (χ2v) is 4.46. The van der Waals surface area contributed by atoms with E-state index < -0.39 is 11.9 Å². The molecule has 0 spiro atoms. The minimum Gasteiger partial charge on any atom is -0.493 e. The number of nitrogens with zero attached hydrogens (tertiary/aromatic N) is 1. The second-order valence-electron chi connectivity index (χ2n) is 4.46. The van der Waals surface area contributed by atoms with Gasteiger partial charge in [0.2, 0.25) is 12.5 Å². The third kappa shape index (κ3) is 3.76. The molecule has 8 heteroatoms. The molecule has 0 amide bonds. The molecule has 0 atom stereocenters. The van der Waals surface area contributed by atoms with Gasteiger partial charge in [-0.15, -0.1) is 0 Å². The van der Waals surface area contributed by atoms with Crippen LogP contribution in [0.3, 0.4) is 0 Å². The third-order valence-electron chi connectivity index (χ3n) is 2.84. The van der Waals surface area contributed by atoms with E-state index in [9.17, 15) is 9.59 Å². The molecule has 21 heavy (non-hydrogen) atoms. The van der Waals surface area contributed by atoms with Crippen LogP contribution >= 0.6 is 0 Å². The number of benzene rings is 1. The van der Waals surface area contributed by atoms with E-state index in [0.29, 0.717) is 22.8 Å². The van der Waals surface area contributed by atoms with Crippen LogP contribution in [0.5, 0.6) is 17.2 Å². The Morgan fingerprint density at radius 1 is 1.24 bits per heavy atom. The fourth-order valence-electron chi connectivity index (χ4n) is 2.08. The van der Waals surface area contributed by atoms with Crippen LogP contribution in [0.4, 0.5) is 0 Å². The number of hydrogen-bond acceptors (Lipinski definition) is 6. The summed E-state index contributed by atoms with van der Waals surface area (Å²) >= 11 is 0. The van der Waals surface area contributed by atoms with Crippen molar-refractivity contribution < 1.29 is 34.0 Å². The van der Waals surface area contributed by atoms with Crippen LogP contribution < -0.4 is 14.2 Å². The Hall–Kier alpha value is -2.48. The van der Waals surface area contributed by atoms with Crippen molar-refractivity contribution in [3.63, 3.8) is 0 Å². The fraction of sp³-hybridized carbons (Fsp3) is 0.385. The summed E-state index contributed by atoms with van der Waals surface area (Å²) in [6.07, 6.45) is 0. The predicted octanol–water partition coefficient (Wildman–Crippen LogP) is 0.395. The Kier molecular flexibility index (Phi) is 4.49. The van der Waals surface area contributed by atoms with Gasteiger partial charge in [0.15, 0.2) is 11.5 Å². The lowest BCUT2D eigenvalue weighted by molar-refractivity contribution is -0.142. The van der Waals surface area contributed by atoms with E-state index in [1.807, 2.05) is 0 Å². The van der Waals surface area contributed by atoms with Crippen LogP contribution in [0.15, 0.2) is 12.1 Å². The molecule has 1 aliphatic rings. The molecule has 1 aromatic rings. The first-order valence-electron chi connectivity index (χ1n) is 6.12. The van der Waals surface area contributed by atoms with Crippen LogP contribution in [-0.2, 0) is 16.1 Å². The minimum atomic E-state index is -1.09. The molecular weight excluding hydrogens is 282 g/mol. The highest BCUT2D eigenvalue weighted by Gasteiger charge is 2.22. The zero-order valence-electron chi connectivity index (χ0n) is 11.4. The fourth-order valence-corrected chi connectivity index (χ4v) is 2.08. The van der Waals surface area contributed by atoms with E-state index in [0.717, 1.165) is 0 Å². The average molecular weight is 297 g/mol. The number of carbonyl (C=O) groups is 2. The molecule has 0 saturated carbocycles. The Morgan fingerprint density at radius 3 is 2.48 bits per heavy atom. The maximum atomic E-state index is 10.8. The molecule has 2 N–H and O–H groups in total. The Balaban J connectivity index is 2.20. The Morgan fingerprint density at radius 2 is 1.90 bits per heavy atom. The first kappa shape index (κ1) is 14.9. The second kappa shape index (κ2) is 6.31. The van der Waals surface area contributed by atoms with Crippen molar-refractivity contribution in [2.45, 2.75) is 6.54 Å². The lowest BCUT2D eigenvalue weighted by Gasteiger charge is -2.18. The molecule has 0 radical (unpaired) electrons. The van der Waals surface area contributed by atoms with E-state index in [-0.39, 0.29) is 26.4 Å². The summed E-state index contributed by atoms with van der Waals surface area (Å²) in [5.74, 6) is -0.738. The van der Waals surface area contributed by atoms with E-state index in [1.54, 1.807) is 12.1 Å². The number of fused-ring (bicyclic) bond motifs is 1. The Bertz CT molecular complexity index is 542. The molecule has 1 heterocycles. The van der Waals surface area contributed by atoms with Gasteiger partial charge >= 0.3 is 11.9 Å². The molecule has 114 valence electrons. The van der Waals surface area contributed by atoms with Crippen molar-refractivity contribution in [2.75, 3.05) is 27.0 Å². The third-order valence-corrected chi connectivity index (χ3v) is 2.84. The van der Waals surface area contributed by atoms with Crippen molar-refractivity contribution in [1.82, 2.24) is 4.90 Å². The van der Waals surface area contributed by atoms with Crippen molar-refractivity contribution in [3.8, 4) is 17.2 Å². The van der Waals surface area contributed by atoms with E-state index >= 15 is 0 Å². The maximum absolute atomic E-state index is 10.8. The first-order chi connectivity index (χ1) is 9.99. The normalized spacial score (nSPS) is 12.5. The summed E-state index contributed by atoms with van der Waals surface area (Å²) < 4.78 is 15.7. The molecule has 2 rings (SSSR count). The summed E-state index contributed by atoms with van der Waals surface area (Å²) in [7, 11) is 1.48. The molecule has 1 aromatic carbocycles. The van der Waals surface area contributed by atoms with Gasteiger partial charge < -0.3 is 24.4 Å². The largest absolute Gasteiger partial charge is 0.493 e. The van der Waals surface area contributed by atoms with Gasteiger partial charge in [-0.3, -0.25) is 14.5 Å². The van der Waals surface area contributed by atoms with Gasteiger partial charge in [-0.2, -0.15) is 0 Å². The lowest BCUT2D eigenvalue weighted by Crippen LogP contribution is -2.33. The molecule has 0 bridgehead atoms. The summed E-state index contributed by atoms with van der Waals surface area (Å²) in [5.41, 5.74) is 0.679. The Labute approximate surface area is 120 Å². The van der Waals surface area contributed by atoms with Gasteiger partial charge in [-0.25, -0.2) is 0 Å². The lowest BCUT2D eigenvalue weighted by atomic mass is 10.1. The van der Waals surface area contributed by atoms with Gasteiger partial charge in [-0.05, 0) is 17.7 Å². The summed E-state index contributed by atoms with van der Waals surface area (Å²) in [5, 5.41) is 17.7. The number of carboxylic acid groups (broad SMARTS) is 2. The van der Waals surface area contributed by atoms with Gasteiger partial charge in [-0.1, -0.05) is 0 Å². The molecule has 8 nitrogen and oxygen atoms in total. The number of aliphatic carboxylic acids is 2. The number of methoxy groups -OCH3 is 1. The van der Waals surface area contributed by atoms with Crippen molar-refractivity contribution in [1.29, 1.82) is 0 Å². The van der Waals surface area contributed by atoms with Crippen LogP contribution in [0, 0.1) is 0 Å². The highest BCUT2D eigenvalue weighted by atomic mass is 16.7. The quantitative estimate of drug-likeness (QED) is 0.745. The minimum absolute atomic E-state index is 0.0864. The molecule has 0 aromatic heterocycles. The zero-order chi connectivity index (χ0) is 15.4.